The standard InChI is InChI=1S/C16H22N4O3S3/c1-8(2)6-17-15-19-20-16(26-15)24-7-11(21)18-13-12(14(22)23-5)9(3)10(4)25-13/h8H,6-7H2,1-5H3,(H,17,19)(H,18,21). The van der Waals surface area contributed by atoms with Crippen molar-refractivity contribution in [2.24, 2.45) is 5.92 Å². The summed E-state index contributed by atoms with van der Waals surface area (Å²) in [4.78, 5) is 25.2. The number of carbonyl (C=O) groups is 2. The Morgan fingerprint density at radius 2 is 1.96 bits per heavy atom. The van der Waals surface area contributed by atoms with Crippen molar-refractivity contribution in [2.75, 3.05) is 30.0 Å². The van der Waals surface area contributed by atoms with Gasteiger partial charge in [-0.05, 0) is 25.3 Å². The van der Waals surface area contributed by atoms with E-state index in [-0.39, 0.29) is 11.7 Å². The molecule has 0 unspecified atom stereocenters. The summed E-state index contributed by atoms with van der Waals surface area (Å²) in [6.07, 6.45) is 0. The summed E-state index contributed by atoms with van der Waals surface area (Å²) in [6.45, 7) is 8.81. The van der Waals surface area contributed by atoms with Gasteiger partial charge in [-0.25, -0.2) is 4.79 Å². The number of nitrogens with one attached hydrogen (secondary N) is 2. The lowest BCUT2D eigenvalue weighted by Gasteiger charge is -2.05. The number of anilines is 2. The van der Waals surface area contributed by atoms with E-state index in [1.165, 1.54) is 41.5 Å². The van der Waals surface area contributed by atoms with Crippen molar-refractivity contribution in [3.63, 3.8) is 0 Å². The summed E-state index contributed by atoms with van der Waals surface area (Å²) in [5.74, 6) is 0.0608. The quantitative estimate of drug-likeness (QED) is 0.501. The molecule has 0 fully saturated rings. The summed E-state index contributed by atoms with van der Waals surface area (Å²) in [6, 6.07) is 0. The zero-order valence-corrected chi connectivity index (χ0v) is 17.8. The van der Waals surface area contributed by atoms with Gasteiger partial charge in [0.1, 0.15) is 5.00 Å². The van der Waals surface area contributed by atoms with E-state index in [1.807, 2.05) is 13.8 Å². The van der Waals surface area contributed by atoms with Crippen molar-refractivity contribution in [3.05, 3.63) is 16.0 Å². The van der Waals surface area contributed by atoms with Crippen LogP contribution in [0.15, 0.2) is 4.34 Å². The number of aromatic nitrogens is 2. The van der Waals surface area contributed by atoms with E-state index in [0.717, 1.165) is 26.5 Å². The van der Waals surface area contributed by atoms with E-state index < -0.39 is 5.97 Å². The molecule has 0 atom stereocenters. The second-order valence-electron chi connectivity index (χ2n) is 5.96. The first-order valence-corrected chi connectivity index (χ1v) is 10.6. The van der Waals surface area contributed by atoms with Crippen molar-refractivity contribution in [3.8, 4) is 0 Å². The molecule has 2 aromatic heterocycles. The first-order valence-electron chi connectivity index (χ1n) is 8.00. The van der Waals surface area contributed by atoms with Crippen LogP contribution in [0.25, 0.3) is 0 Å². The van der Waals surface area contributed by atoms with Gasteiger partial charge in [0.15, 0.2) is 4.34 Å². The van der Waals surface area contributed by atoms with Crippen LogP contribution in [-0.4, -0.2) is 41.5 Å². The second-order valence-corrected chi connectivity index (χ2v) is 9.39. The van der Waals surface area contributed by atoms with Crippen LogP contribution >= 0.6 is 34.4 Å². The predicted octanol–water partition coefficient (Wildman–Crippen LogP) is 3.80. The Morgan fingerprint density at radius 1 is 1.23 bits per heavy atom. The molecule has 2 heterocycles. The van der Waals surface area contributed by atoms with Gasteiger partial charge in [0.2, 0.25) is 11.0 Å². The summed E-state index contributed by atoms with van der Waals surface area (Å²) in [5, 5.41) is 15.4. The van der Waals surface area contributed by atoms with E-state index in [9.17, 15) is 9.59 Å². The van der Waals surface area contributed by atoms with Gasteiger partial charge in [-0.3, -0.25) is 4.79 Å². The summed E-state index contributed by atoms with van der Waals surface area (Å²) < 4.78 is 5.53. The number of nitrogens with zero attached hydrogens (tertiary/aromatic N) is 2. The van der Waals surface area contributed by atoms with Gasteiger partial charge >= 0.3 is 5.97 Å². The van der Waals surface area contributed by atoms with Crippen LogP contribution in [0.3, 0.4) is 0 Å². The fourth-order valence-electron chi connectivity index (χ4n) is 1.98. The number of amides is 1. The van der Waals surface area contributed by atoms with Gasteiger partial charge in [-0.1, -0.05) is 36.9 Å². The van der Waals surface area contributed by atoms with Crippen molar-refractivity contribution in [2.45, 2.75) is 32.0 Å². The third-order valence-corrected chi connectivity index (χ3v) is 6.56. The molecule has 2 rings (SSSR count). The molecule has 2 aromatic rings. The SMILES string of the molecule is COC(=O)c1c(NC(=O)CSc2nnc(NCC(C)C)s2)sc(C)c1C. The summed E-state index contributed by atoms with van der Waals surface area (Å²) in [7, 11) is 1.33. The number of esters is 1. The first-order chi connectivity index (χ1) is 12.3. The highest BCUT2D eigenvalue weighted by atomic mass is 32.2. The molecule has 0 saturated carbocycles. The molecule has 0 saturated heterocycles. The highest BCUT2D eigenvalue weighted by molar-refractivity contribution is 8.01. The van der Waals surface area contributed by atoms with Gasteiger partial charge in [0.05, 0.1) is 18.4 Å². The lowest BCUT2D eigenvalue weighted by molar-refractivity contribution is -0.113. The Morgan fingerprint density at radius 3 is 2.62 bits per heavy atom. The van der Waals surface area contributed by atoms with Crippen LogP contribution < -0.4 is 10.6 Å². The van der Waals surface area contributed by atoms with Crippen LogP contribution in [0, 0.1) is 19.8 Å². The van der Waals surface area contributed by atoms with E-state index in [2.05, 4.69) is 34.7 Å². The fraction of sp³-hybridized carbons (Fsp3) is 0.500. The molecule has 0 aliphatic heterocycles. The predicted molar refractivity (Wildman–Crippen MR) is 108 cm³/mol. The van der Waals surface area contributed by atoms with Gasteiger partial charge < -0.3 is 15.4 Å². The molecule has 2 N–H and O–H groups in total. The molecule has 142 valence electrons. The zero-order valence-electron chi connectivity index (χ0n) is 15.3. The average Bonchev–Trinajstić information content (AvgIpc) is 3.15. The van der Waals surface area contributed by atoms with Crippen molar-refractivity contribution >= 4 is 56.4 Å². The number of thiophene rings is 1. The van der Waals surface area contributed by atoms with Gasteiger partial charge in [0.25, 0.3) is 0 Å². The maximum absolute atomic E-state index is 12.3. The summed E-state index contributed by atoms with van der Waals surface area (Å²) in [5.41, 5.74) is 1.25. The number of carbonyl (C=O) groups excluding carboxylic acids is 2. The largest absolute Gasteiger partial charge is 0.465 e. The Balaban J connectivity index is 1.94. The monoisotopic (exact) mass is 414 g/mol. The van der Waals surface area contributed by atoms with Gasteiger partial charge in [-0.15, -0.1) is 21.5 Å². The lowest BCUT2D eigenvalue weighted by atomic mass is 10.1. The Labute approximate surface area is 164 Å². The molecule has 0 aliphatic carbocycles. The molecular formula is C16H22N4O3S3. The molecule has 0 spiro atoms. The number of hydrogen-bond donors (Lipinski definition) is 2. The van der Waals surface area contributed by atoms with Gasteiger partial charge in [-0.2, -0.15) is 0 Å². The molecule has 10 heteroatoms. The van der Waals surface area contributed by atoms with Crippen LogP contribution in [0.1, 0.15) is 34.6 Å². The highest BCUT2D eigenvalue weighted by Gasteiger charge is 2.21. The van der Waals surface area contributed by atoms with Crippen molar-refractivity contribution in [1.29, 1.82) is 0 Å². The fourth-order valence-corrected chi connectivity index (χ4v) is 4.61. The molecule has 26 heavy (non-hydrogen) atoms. The second kappa shape index (κ2) is 9.33. The minimum Gasteiger partial charge on any atom is -0.465 e. The minimum absolute atomic E-state index is 0.190. The molecular weight excluding hydrogens is 392 g/mol. The van der Waals surface area contributed by atoms with Gasteiger partial charge in [0, 0.05) is 11.4 Å². The Bertz CT molecular complexity index is 786. The molecule has 0 aliphatic rings. The molecule has 0 radical (unpaired) electrons. The van der Waals surface area contributed by atoms with Crippen molar-refractivity contribution < 1.29 is 14.3 Å². The lowest BCUT2D eigenvalue weighted by Crippen LogP contribution is -2.16. The number of hydrogen-bond acceptors (Lipinski definition) is 9. The zero-order chi connectivity index (χ0) is 19.3. The number of aryl methyl sites for hydroxylation is 1. The van der Waals surface area contributed by atoms with E-state index in [0.29, 0.717) is 16.5 Å². The van der Waals surface area contributed by atoms with E-state index in [4.69, 9.17) is 4.74 Å². The van der Waals surface area contributed by atoms with E-state index >= 15 is 0 Å². The van der Waals surface area contributed by atoms with E-state index in [1.54, 1.807) is 0 Å². The number of methoxy groups -OCH3 is 1. The van der Waals surface area contributed by atoms with Crippen LogP contribution in [0.2, 0.25) is 0 Å². The number of ether oxygens (including phenoxy) is 1. The molecule has 0 aromatic carbocycles. The maximum atomic E-state index is 12.3. The molecule has 1 amide bonds. The first kappa shape index (κ1) is 20.7. The molecule has 0 bridgehead atoms. The van der Waals surface area contributed by atoms with Crippen molar-refractivity contribution in [1.82, 2.24) is 10.2 Å². The Hall–Kier alpha value is -1.65. The topological polar surface area (TPSA) is 93.2 Å². The maximum Gasteiger partial charge on any atom is 0.341 e. The third kappa shape index (κ3) is 5.42. The third-order valence-electron chi connectivity index (χ3n) is 3.42. The highest BCUT2D eigenvalue weighted by Crippen LogP contribution is 2.33. The van der Waals surface area contributed by atoms with Crippen LogP contribution in [-0.2, 0) is 9.53 Å². The smallest absolute Gasteiger partial charge is 0.341 e. The minimum atomic E-state index is -0.445. The number of rotatable bonds is 8. The number of thioether (sulfide) groups is 1. The summed E-state index contributed by atoms with van der Waals surface area (Å²) >= 11 is 4.11. The normalized spacial score (nSPS) is 10.8. The molecule has 7 nitrogen and oxygen atoms in total. The average molecular weight is 415 g/mol. The van der Waals surface area contributed by atoms with Crippen LogP contribution in [0.4, 0.5) is 10.1 Å². The van der Waals surface area contributed by atoms with Crippen LogP contribution in [0.5, 0.6) is 0 Å². The Kier molecular flexibility index (Phi) is 7.42.